The van der Waals surface area contributed by atoms with E-state index in [0.29, 0.717) is 6.42 Å². The highest BCUT2D eigenvalue weighted by molar-refractivity contribution is 7.09. The van der Waals surface area contributed by atoms with E-state index in [1.807, 2.05) is 6.92 Å². The second kappa shape index (κ2) is 5.70. The van der Waals surface area contributed by atoms with Gasteiger partial charge in [-0.25, -0.2) is 4.79 Å². The van der Waals surface area contributed by atoms with E-state index >= 15 is 0 Å². The second-order valence-electron chi connectivity index (χ2n) is 4.30. The average molecular weight is 282 g/mol. The van der Waals surface area contributed by atoms with Crippen LogP contribution in [0.2, 0.25) is 0 Å². The molecule has 1 N–H and O–H groups in total. The van der Waals surface area contributed by atoms with Crippen LogP contribution >= 0.6 is 9.47 Å². The van der Waals surface area contributed by atoms with Crippen LogP contribution < -0.4 is 11.2 Å². The number of nitrogens with one attached hydrogen (secondary N) is 1. The van der Waals surface area contributed by atoms with Crippen molar-refractivity contribution >= 4 is 9.47 Å². The maximum absolute atomic E-state index is 11.8. The van der Waals surface area contributed by atoms with E-state index in [4.69, 9.17) is 15.7 Å². The van der Waals surface area contributed by atoms with Crippen molar-refractivity contribution in [2.45, 2.75) is 38.2 Å². The first-order chi connectivity index (χ1) is 9.10. The van der Waals surface area contributed by atoms with Crippen LogP contribution in [-0.4, -0.2) is 21.8 Å². The fraction of sp³-hybridized carbons (Fsp3) is 0.500. The van der Waals surface area contributed by atoms with Crippen LogP contribution in [0.3, 0.4) is 0 Å². The molecule has 102 valence electrons. The average Bonchev–Trinajstić information content (AvgIpc) is 2.82. The third-order valence-corrected chi connectivity index (χ3v) is 3.54. The molecule has 0 radical (unpaired) electrons. The number of ether oxygens (including phenoxy) is 1. The maximum Gasteiger partial charge on any atom is 0.330 e. The molecule has 1 unspecified atom stereocenters. The summed E-state index contributed by atoms with van der Waals surface area (Å²) in [5, 5.41) is 0. The van der Waals surface area contributed by atoms with Gasteiger partial charge in [-0.3, -0.25) is 14.3 Å². The zero-order chi connectivity index (χ0) is 14.0. The monoisotopic (exact) mass is 282 g/mol. The van der Waals surface area contributed by atoms with Gasteiger partial charge >= 0.3 is 5.69 Å². The molecule has 0 amide bonds. The minimum absolute atomic E-state index is 0.0874. The van der Waals surface area contributed by atoms with E-state index in [0.717, 1.165) is 6.42 Å². The van der Waals surface area contributed by atoms with Crippen LogP contribution in [0, 0.1) is 12.3 Å². The summed E-state index contributed by atoms with van der Waals surface area (Å²) in [7, 11) is 2.21. The Morgan fingerprint density at radius 1 is 1.68 bits per heavy atom. The quantitative estimate of drug-likeness (QED) is 0.643. The van der Waals surface area contributed by atoms with Gasteiger partial charge in [-0.05, 0) is 6.42 Å². The Labute approximate surface area is 112 Å². The molecular formula is C12H15N2O4P. The number of aromatic amines is 1. The van der Waals surface area contributed by atoms with Gasteiger partial charge in [-0.2, -0.15) is 0 Å². The Kier molecular flexibility index (Phi) is 4.20. The molecule has 4 atom stereocenters. The van der Waals surface area contributed by atoms with Gasteiger partial charge in [-0.15, -0.1) is 6.42 Å². The van der Waals surface area contributed by atoms with Gasteiger partial charge < -0.3 is 9.26 Å². The fourth-order valence-electron chi connectivity index (χ4n) is 2.18. The Bertz CT molecular complexity index is 603. The number of hydrogen-bond donors (Lipinski definition) is 1. The lowest BCUT2D eigenvalue weighted by Crippen LogP contribution is -2.33. The molecule has 2 heterocycles. The van der Waals surface area contributed by atoms with Crippen molar-refractivity contribution in [3.63, 3.8) is 0 Å². The van der Waals surface area contributed by atoms with Gasteiger partial charge in [0.1, 0.15) is 11.8 Å². The largest absolute Gasteiger partial charge is 0.360 e. The summed E-state index contributed by atoms with van der Waals surface area (Å²) in [4.78, 5) is 25.4. The molecule has 1 aliphatic heterocycles. The Hall–Kier alpha value is -1.41. The first-order valence-corrected chi connectivity index (χ1v) is 6.41. The molecule has 0 bridgehead atoms. The molecule has 0 saturated carbocycles. The molecule has 19 heavy (non-hydrogen) atoms. The summed E-state index contributed by atoms with van der Waals surface area (Å²) in [5.41, 5.74) is -0.993. The van der Waals surface area contributed by atoms with Crippen LogP contribution in [0.15, 0.2) is 15.8 Å². The van der Waals surface area contributed by atoms with Gasteiger partial charge in [0.25, 0.3) is 5.56 Å². The molecule has 1 saturated heterocycles. The van der Waals surface area contributed by atoms with Crippen molar-refractivity contribution < 1.29 is 9.26 Å². The topological polar surface area (TPSA) is 73.3 Å². The predicted molar refractivity (Wildman–Crippen MR) is 72.7 cm³/mol. The minimum Gasteiger partial charge on any atom is -0.360 e. The standard InChI is InChI=1S/C12H15N2O4P/c1-3-7-6-14(12(16)13-11(7)15)10-5-9(18-19)8(4-2)17-10/h1,6,8-10H,4-5,19H2,2H3,(H,13,15,16)/t8-,9-,10-/m1/s1. The first-order valence-electron chi connectivity index (χ1n) is 5.93. The number of H-pyrrole nitrogens is 1. The van der Waals surface area contributed by atoms with Gasteiger partial charge in [0.2, 0.25) is 0 Å². The predicted octanol–water partition coefficient (Wildman–Crippen LogP) is 0.391. The molecule has 7 heteroatoms. The van der Waals surface area contributed by atoms with Crippen molar-refractivity contribution in [2.75, 3.05) is 0 Å². The lowest BCUT2D eigenvalue weighted by molar-refractivity contribution is -0.0161. The highest BCUT2D eigenvalue weighted by Crippen LogP contribution is 2.32. The summed E-state index contributed by atoms with van der Waals surface area (Å²) in [6.45, 7) is 1.98. The Balaban J connectivity index is 2.37. The number of aromatic nitrogens is 2. The van der Waals surface area contributed by atoms with E-state index in [-0.39, 0.29) is 17.8 Å². The maximum atomic E-state index is 11.8. The number of hydrogen-bond acceptors (Lipinski definition) is 4. The second-order valence-corrected chi connectivity index (χ2v) is 4.57. The van der Waals surface area contributed by atoms with Crippen LogP contribution in [-0.2, 0) is 9.26 Å². The molecule has 6 nitrogen and oxygen atoms in total. The first kappa shape index (κ1) is 14.0. The molecule has 1 fully saturated rings. The zero-order valence-electron chi connectivity index (χ0n) is 10.5. The van der Waals surface area contributed by atoms with Crippen molar-refractivity contribution in [2.24, 2.45) is 0 Å². The van der Waals surface area contributed by atoms with Crippen LogP contribution in [0.1, 0.15) is 31.6 Å². The molecule has 1 aromatic rings. The molecule has 0 spiro atoms. The molecular weight excluding hydrogens is 267 g/mol. The normalized spacial score (nSPS) is 26.3. The highest BCUT2D eigenvalue weighted by Gasteiger charge is 2.35. The van der Waals surface area contributed by atoms with Gasteiger partial charge in [0.15, 0.2) is 0 Å². The van der Waals surface area contributed by atoms with E-state index in [1.165, 1.54) is 10.8 Å². The van der Waals surface area contributed by atoms with Gasteiger partial charge in [0.05, 0.1) is 12.2 Å². The smallest absolute Gasteiger partial charge is 0.330 e. The van der Waals surface area contributed by atoms with Crippen LogP contribution in [0.5, 0.6) is 0 Å². The third-order valence-electron chi connectivity index (χ3n) is 3.19. The lowest BCUT2D eigenvalue weighted by atomic mass is 10.1. The molecule has 0 aliphatic carbocycles. The van der Waals surface area contributed by atoms with E-state index < -0.39 is 17.5 Å². The summed E-state index contributed by atoms with van der Waals surface area (Å²) in [6, 6.07) is 0. The molecule has 1 aliphatic rings. The number of rotatable bonds is 3. The SMILES string of the molecule is C#Cc1cn([C@H]2C[C@@H](OP)[C@@H](CC)O2)c(=O)[nH]c1=O. The van der Waals surface area contributed by atoms with E-state index in [1.54, 1.807) is 0 Å². The minimum atomic E-state index is -0.562. The lowest BCUT2D eigenvalue weighted by Gasteiger charge is -2.15. The Morgan fingerprint density at radius 3 is 2.95 bits per heavy atom. The van der Waals surface area contributed by atoms with Crippen molar-refractivity contribution in [3.05, 3.63) is 32.6 Å². The summed E-state index contributed by atoms with van der Waals surface area (Å²) in [6.07, 6.45) is 7.20. The van der Waals surface area contributed by atoms with Crippen molar-refractivity contribution in [3.8, 4) is 12.3 Å². The van der Waals surface area contributed by atoms with Crippen molar-refractivity contribution in [1.29, 1.82) is 0 Å². The van der Waals surface area contributed by atoms with Crippen molar-refractivity contribution in [1.82, 2.24) is 9.55 Å². The third kappa shape index (κ3) is 2.64. The summed E-state index contributed by atoms with van der Waals surface area (Å²) >= 11 is 0. The van der Waals surface area contributed by atoms with Crippen LogP contribution in [0.4, 0.5) is 0 Å². The number of nitrogens with zero attached hydrogens (tertiary/aromatic N) is 1. The van der Waals surface area contributed by atoms with E-state index in [9.17, 15) is 9.59 Å². The van der Waals surface area contributed by atoms with Gasteiger partial charge in [0, 0.05) is 22.1 Å². The van der Waals surface area contributed by atoms with E-state index in [2.05, 4.69) is 20.4 Å². The van der Waals surface area contributed by atoms with Gasteiger partial charge in [-0.1, -0.05) is 12.8 Å². The number of terminal acetylenes is 1. The molecule has 1 aromatic heterocycles. The van der Waals surface area contributed by atoms with Crippen LogP contribution in [0.25, 0.3) is 0 Å². The summed E-state index contributed by atoms with van der Waals surface area (Å²) < 4.78 is 12.3. The molecule has 2 rings (SSSR count). The Morgan fingerprint density at radius 2 is 2.42 bits per heavy atom. The highest BCUT2D eigenvalue weighted by atomic mass is 31.0. The summed E-state index contributed by atoms with van der Waals surface area (Å²) in [5.74, 6) is 2.24. The molecule has 0 aromatic carbocycles. The zero-order valence-corrected chi connectivity index (χ0v) is 11.6. The fourth-order valence-corrected chi connectivity index (χ4v) is 2.47.